The molecule has 1 saturated carbocycles. The fourth-order valence-electron chi connectivity index (χ4n) is 1.91. The summed E-state index contributed by atoms with van der Waals surface area (Å²) in [6.07, 6.45) is 2.22. The van der Waals surface area contributed by atoms with Gasteiger partial charge in [0.2, 0.25) is 10.0 Å². The SMILES string of the molecule is CC(NS(=O)(=O)Cc1ccc(C#N)cc1)C1CC1. The molecular weight excluding hydrogens is 248 g/mol. The van der Waals surface area contributed by atoms with Crippen LogP contribution in [0.15, 0.2) is 24.3 Å². The van der Waals surface area contributed by atoms with Crippen LogP contribution in [0.4, 0.5) is 0 Å². The lowest BCUT2D eigenvalue weighted by Gasteiger charge is -2.13. The number of nitriles is 1. The third kappa shape index (κ3) is 3.56. The monoisotopic (exact) mass is 264 g/mol. The standard InChI is InChI=1S/C13H16N2O2S/c1-10(13-6-7-13)15-18(16,17)9-12-4-2-11(8-14)3-5-12/h2-5,10,13,15H,6-7,9H2,1H3. The molecule has 0 bridgehead atoms. The Kier molecular flexibility index (Phi) is 3.69. The Hall–Kier alpha value is -1.38. The number of nitrogens with one attached hydrogen (secondary N) is 1. The molecule has 1 N–H and O–H groups in total. The lowest BCUT2D eigenvalue weighted by molar-refractivity contribution is 0.537. The zero-order valence-electron chi connectivity index (χ0n) is 10.3. The van der Waals surface area contributed by atoms with Crippen molar-refractivity contribution in [3.8, 4) is 6.07 Å². The first-order valence-corrected chi connectivity index (χ1v) is 7.64. The first kappa shape index (κ1) is 13.1. The Balaban J connectivity index is 2.00. The van der Waals surface area contributed by atoms with E-state index in [0.717, 1.165) is 12.8 Å². The van der Waals surface area contributed by atoms with Gasteiger partial charge in [0.1, 0.15) is 0 Å². The van der Waals surface area contributed by atoms with E-state index in [9.17, 15) is 8.42 Å². The van der Waals surface area contributed by atoms with Crippen LogP contribution < -0.4 is 4.72 Å². The molecule has 1 unspecified atom stereocenters. The molecule has 0 amide bonds. The maximum absolute atomic E-state index is 11.9. The van der Waals surface area contributed by atoms with Gasteiger partial charge >= 0.3 is 0 Å². The van der Waals surface area contributed by atoms with Gasteiger partial charge in [0, 0.05) is 6.04 Å². The number of nitrogens with zero attached hydrogens (tertiary/aromatic N) is 1. The first-order valence-electron chi connectivity index (χ1n) is 5.99. The van der Waals surface area contributed by atoms with E-state index >= 15 is 0 Å². The average molecular weight is 264 g/mol. The van der Waals surface area contributed by atoms with Gasteiger partial charge in [0.25, 0.3) is 0 Å². The summed E-state index contributed by atoms with van der Waals surface area (Å²) in [4.78, 5) is 0. The molecule has 0 aromatic heterocycles. The van der Waals surface area contributed by atoms with E-state index in [0.29, 0.717) is 17.0 Å². The molecule has 0 spiro atoms. The molecule has 5 heteroatoms. The Morgan fingerprint density at radius 1 is 1.39 bits per heavy atom. The van der Waals surface area contributed by atoms with E-state index in [1.807, 2.05) is 13.0 Å². The molecule has 0 saturated heterocycles. The van der Waals surface area contributed by atoms with Crippen molar-refractivity contribution in [2.24, 2.45) is 5.92 Å². The summed E-state index contributed by atoms with van der Waals surface area (Å²) in [5.74, 6) is 0.469. The predicted molar refractivity (Wildman–Crippen MR) is 69.1 cm³/mol. The van der Waals surface area contributed by atoms with E-state index in [1.165, 1.54) is 0 Å². The van der Waals surface area contributed by atoms with Gasteiger partial charge in [-0.3, -0.25) is 0 Å². The smallest absolute Gasteiger partial charge is 0.212 e. The number of hydrogen-bond donors (Lipinski definition) is 1. The minimum atomic E-state index is -3.29. The quantitative estimate of drug-likeness (QED) is 0.881. The highest BCUT2D eigenvalue weighted by Crippen LogP contribution is 2.32. The molecule has 96 valence electrons. The molecule has 4 nitrogen and oxygen atoms in total. The molecule has 0 heterocycles. The zero-order chi connectivity index (χ0) is 13.2. The third-order valence-corrected chi connectivity index (χ3v) is 4.58. The minimum Gasteiger partial charge on any atom is -0.212 e. The van der Waals surface area contributed by atoms with Crippen LogP contribution in [0.3, 0.4) is 0 Å². The van der Waals surface area contributed by atoms with Crippen molar-refractivity contribution >= 4 is 10.0 Å². The van der Waals surface area contributed by atoms with Gasteiger partial charge in [-0.15, -0.1) is 0 Å². The van der Waals surface area contributed by atoms with Gasteiger partial charge in [-0.25, -0.2) is 13.1 Å². The van der Waals surface area contributed by atoms with E-state index in [4.69, 9.17) is 5.26 Å². The van der Waals surface area contributed by atoms with Crippen molar-refractivity contribution in [2.75, 3.05) is 0 Å². The molecule has 1 atom stereocenters. The summed E-state index contributed by atoms with van der Waals surface area (Å²) < 4.78 is 26.5. The highest BCUT2D eigenvalue weighted by Gasteiger charge is 2.30. The summed E-state index contributed by atoms with van der Waals surface area (Å²) in [6, 6.07) is 8.66. The van der Waals surface area contributed by atoms with Crippen LogP contribution in [0.1, 0.15) is 30.9 Å². The van der Waals surface area contributed by atoms with E-state index in [1.54, 1.807) is 24.3 Å². The number of hydrogen-bond acceptors (Lipinski definition) is 3. The molecule has 18 heavy (non-hydrogen) atoms. The second-order valence-electron chi connectivity index (χ2n) is 4.81. The Labute approximate surface area is 108 Å². The fourth-order valence-corrected chi connectivity index (χ4v) is 3.39. The van der Waals surface area contributed by atoms with E-state index in [2.05, 4.69) is 4.72 Å². The minimum absolute atomic E-state index is 0.0216. The molecule has 2 rings (SSSR count). The number of benzene rings is 1. The number of rotatable bonds is 5. The van der Waals surface area contributed by atoms with E-state index in [-0.39, 0.29) is 11.8 Å². The van der Waals surface area contributed by atoms with Gasteiger partial charge in [0.15, 0.2) is 0 Å². The van der Waals surface area contributed by atoms with Gasteiger partial charge < -0.3 is 0 Å². The summed E-state index contributed by atoms with van der Waals surface area (Å²) in [5.41, 5.74) is 1.24. The lowest BCUT2D eigenvalue weighted by Crippen LogP contribution is -2.34. The van der Waals surface area contributed by atoms with Crippen LogP contribution in [0.25, 0.3) is 0 Å². The zero-order valence-corrected chi connectivity index (χ0v) is 11.1. The molecular formula is C13H16N2O2S. The highest BCUT2D eigenvalue weighted by molar-refractivity contribution is 7.88. The summed E-state index contributed by atoms with van der Waals surface area (Å²) >= 11 is 0. The largest absolute Gasteiger partial charge is 0.216 e. The maximum Gasteiger partial charge on any atom is 0.216 e. The molecule has 1 fully saturated rings. The molecule has 1 aromatic rings. The second kappa shape index (κ2) is 5.09. The van der Waals surface area contributed by atoms with Crippen LogP contribution in [0, 0.1) is 17.2 Å². The summed E-state index contributed by atoms with van der Waals surface area (Å²) in [5, 5.41) is 8.67. The Morgan fingerprint density at radius 2 is 2.00 bits per heavy atom. The third-order valence-electron chi connectivity index (χ3n) is 3.13. The van der Waals surface area contributed by atoms with Crippen molar-refractivity contribution in [1.29, 1.82) is 5.26 Å². The van der Waals surface area contributed by atoms with Crippen LogP contribution >= 0.6 is 0 Å². The topological polar surface area (TPSA) is 70.0 Å². The van der Waals surface area contributed by atoms with Gasteiger partial charge in [0.05, 0.1) is 17.4 Å². The predicted octanol–water partition coefficient (Wildman–Crippen LogP) is 1.78. The van der Waals surface area contributed by atoms with Crippen LogP contribution in [-0.2, 0) is 15.8 Å². The van der Waals surface area contributed by atoms with Crippen LogP contribution in [0.2, 0.25) is 0 Å². The summed E-state index contributed by atoms with van der Waals surface area (Å²) in [7, 11) is -3.29. The lowest BCUT2D eigenvalue weighted by atomic mass is 10.2. The maximum atomic E-state index is 11.9. The van der Waals surface area contributed by atoms with Crippen molar-refractivity contribution in [3.63, 3.8) is 0 Å². The summed E-state index contributed by atoms with van der Waals surface area (Å²) in [6.45, 7) is 1.91. The van der Waals surface area contributed by atoms with Crippen molar-refractivity contribution in [2.45, 2.75) is 31.6 Å². The molecule has 1 aliphatic rings. The Morgan fingerprint density at radius 3 is 2.50 bits per heavy atom. The fraction of sp³-hybridized carbons (Fsp3) is 0.462. The molecule has 1 aliphatic carbocycles. The Bertz CT molecular complexity index is 554. The van der Waals surface area contributed by atoms with Crippen LogP contribution in [-0.4, -0.2) is 14.5 Å². The van der Waals surface area contributed by atoms with Crippen molar-refractivity contribution in [1.82, 2.24) is 4.72 Å². The second-order valence-corrected chi connectivity index (χ2v) is 6.57. The normalized spacial score (nSPS) is 17.1. The van der Waals surface area contributed by atoms with Gasteiger partial charge in [-0.1, -0.05) is 12.1 Å². The molecule has 0 aliphatic heterocycles. The first-order chi connectivity index (χ1) is 8.50. The van der Waals surface area contributed by atoms with Gasteiger partial charge in [-0.2, -0.15) is 5.26 Å². The highest BCUT2D eigenvalue weighted by atomic mass is 32.2. The number of sulfonamides is 1. The van der Waals surface area contributed by atoms with Crippen molar-refractivity contribution in [3.05, 3.63) is 35.4 Å². The van der Waals surface area contributed by atoms with Crippen LogP contribution in [0.5, 0.6) is 0 Å². The molecule has 1 aromatic carbocycles. The molecule has 0 radical (unpaired) electrons. The van der Waals surface area contributed by atoms with E-state index < -0.39 is 10.0 Å². The van der Waals surface area contributed by atoms with Crippen molar-refractivity contribution < 1.29 is 8.42 Å². The average Bonchev–Trinajstić information content (AvgIpc) is 3.12. The van der Waals surface area contributed by atoms with Gasteiger partial charge in [-0.05, 0) is 43.4 Å².